The number of nitriles is 1. The maximum Gasteiger partial charge on any atom is 0.434 e. The van der Waals surface area contributed by atoms with Crippen molar-refractivity contribution in [2.75, 3.05) is 5.73 Å². The van der Waals surface area contributed by atoms with Crippen LogP contribution in [0.5, 0.6) is 0 Å². The molecule has 1 rings (SSSR count). The molecule has 0 aliphatic heterocycles. The summed E-state index contributed by atoms with van der Waals surface area (Å²) in [5.41, 5.74) is 3.36. The number of nitrogen functional groups attached to an aromatic ring is 1. The summed E-state index contributed by atoms with van der Waals surface area (Å²) in [5, 5.41) is 8.67. The Hall–Kier alpha value is -1.49. The summed E-state index contributed by atoms with van der Waals surface area (Å²) in [7, 11) is 0. The Bertz CT molecular complexity index is 481. The van der Waals surface area contributed by atoms with Gasteiger partial charge in [-0.3, -0.25) is 0 Å². The van der Waals surface area contributed by atoms with Crippen LogP contribution in [0.25, 0.3) is 0 Å². The molecule has 0 saturated heterocycles. The van der Waals surface area contributed by atoms with E-state index in [1.165, 1.54) is 6.07 Å². The van der Waals surface area contributed by atoms with Gasteiger partial charge in [-0.15, -0.1) is 0 Å². The molecule has 0 aliphatic carbocycles. The van der Waals surface area contributed by atoms with Crippen LogP contribution in [0.3, 0.4) is 0 Å². The van der Waals surface area contributed by atoms with Crippen LogP contribution >= 0.6 is 11.8 Å². The van der Waals surface area contributed by atoms with Crippen LogP contribution in [0, 0.1) is 11.3 Å². The average Bonchev–Trinajstić information content (AvgIpc) is 2.27. The number of thioether (sulfide) groups is 1. The van der Waals surface area contributed by atoms with E-state index in [4.69, 9.17) is 11.0 Å². The number of anilines is 1. The Labute approximate surface area is 106 Å². The zero-order valence-electron chi connectivity index (χ0n) is 9.75. The van der Waals surface area contributed by atoms with Gasteiger partial charge >= 0.3 is 6.18 Å². The molecule has 0 radical (unpaired) electrons. The lowest BCUT2D eigenvalue weighted by Crippen LogP contribution is -2.15. The molecule has 4 nitrogen and oxygen atoms in total. The van der Waals surface area contributed by atoms with E-state index in [1.54, 1.807) is 0 Å². The molecule has 0 amide bonds. The number of hydrogen-bond donors (Lipinski definition) is 1. The molecule has 98 valence electrons. The van der Waals surface area contributed by atoms with Crippen molar-refractivity contribution in [2.45, 2.75) is 36.9 Å². The van der Waals surface area contributed by atoms with Crippen molar-refractivity contribution < 1.29 is 13.2 Å². The van der Waals surface area contributed by atoms with Gasteiger partial charge in [-0.2, -0.15) is 18.4 Å². The average molecular weight is 276 g/mol. The van der Waals surface area contributed by atoms with Crippen molar-refractivity contribution in [1.29, 1.82) is 5.26 Å². The number of hydrogen-bond acceptors (Lipinski definition) is 5. The van der Waals surface area contributed by atoms with Crippen molar-refractivity contribution in [3.63, 3.8) is 0 Å². The molecule has 1 heterocycles. The maximum atomic E-state index is 12.7. The Morgan fingerprint density at radius 1 is 1.44 bits per heavy atom. The number of halogens is 3. The number of aromatic nitrogens is 2. The molecule has 1 atom stereocenters. The highest BCUT2D eigenvalue weighted by molar-refractivity contribution is 7.99. The topological polar surface area (TPSA) is 75.6 Å². The van der Waals surface area contributed by atoms with Crippen LogP contribution in [0.2, 0.25) is 0 Å². The highest BCUT2D eigenvalue weighted by atomic mass is 32.2. The van der Waals surface area contributed by atoms with Crippen molar-refractivity contribution in [2.24, 2.45) is 0 Å². The Balaban J connectivity index is 3.28. The van der Waals surface area contributed by atoms with Gasteiger partial charge in [0, 0.05) is 5.25 Å². The van der Waals surface area contributed by atoms with E-state index in [2.05, 4.69) is 9.97 Å². The van der Waals surface area contributed by atoms with Crippen molar-refractivity contribution in [3.8, 4) is 6.07 Å². The molecule has 8 heteroatoms. The lowest BCUT2D eigenvalue weighted by Gasteiger charge is -2.12. The zero-order valence-corrected chi connectivity index (χ0v) is 10.6. The molecule has 2 N–H and O–H groups in total. The Kier molecular flexibility index (Phi) is 4.40. The molecular weight excluding hydrogens is 265 g/mol. The fourth-order valence-electron chi connectivity index (χ4n) is 1.09. The van der Waals surface area contributed by atoms with E-state index in [0.717, 1.165) is 18.2 Å². The lowest BCUT2D eigenvalue weighted by molar-refractivity contribution is -0.141. The Morgan fingerprint density at radius 2 is 2.06 bits per heavy atom. The van der Waals surface area contributed by atoms with Gasteiger partial charge in [0.05, 0.1) is 0 Å². The predicted octanol–water partition coefficient (Wildman–Crippen LogP) is 2.84. The molecule has 0 spiro atoms. The van der Waals surface area contributed by atoms with E-state index in [0.29, 0.717) is 0 Å². The van der Waals surface area contributed by atoms with E-state index in [-0.39, 0.29) is 10.4 Å². The third-order valence-electron chi connectivity index (χ3n) is 2.18. The van der Waals surface area contributed by atoms with E-state index in [1.807, 2.05) is 13.8 Å². The summed E-state index contributed by atoms with van der Waals surface area (Å²) < 4.78 is 38.1. The third kappa shape index (κ3) is 3.26. The second-order valence-electron chi connectivity index (χ2n) is 3.56. The molecule has 0 unspecified atom stereocenters. The first kappa shape index (κ1) is 14.6. The summed E-state index contributed by atoms with van der Waals surface area (Å²) >= 11 is 1.10. The third-order valence-corrected chi connectivity index (χ3v) is 3.31. The molecular formula is C10H11F3N4S. The highest BCUT2D eigenvalue weighted by Crippen LogP contribution is 2.34. The smallest absolute Gasteiger partial charge is 0.382 e. The monoisotopic (exact) mass is 276 g/mol. The van der Waals surface area contributed by atoms with Crippen molar-refractivity contribution in [1.82, 2.24) is 9.97 Å². The fourth-order valence-corrected chi connectivity index (χ4v) is 1.91. The number of nitrogens with zero attached hydrogens (tertiary/aromatic N) is 3. The zero-order chi connectivity index (χ0) is 13.9. The van der Waals surface area contributed by atoms with Crippen LogP contribution in [-0.2, 0) is 6.18 Å². The number of rotatable bonds is 3. The molecule has 0 saturated carbocycles. The van der Waals surface area contributed by atoms with Crippen LogP contribution in [0.1, 0.15) is 31.5 Å². The summed E-state index contributed by atoms with van der Waals surface area (Å²) in [5.74, 6) is -0.439. The predicted molar refractivity (Wildman–Crippen MR) is 61.8 cm³/mol. The van der Waals surface area contributed by atoms with Crippen LogP contribution in [-0.4, -0.2) is 15.2 Å². The Morgan fingerprint density at radius 3 is 2.50 bits per heavy atom. The summed E-state index contributed by atoms with van der Waals surface area (Å²) in [6.45, 7) is 3.74. The minimum atomic E-state index is -4.72. The van der Waals surface area contributed by atoms with Crippen molar-refractivity contribution >= 4 is 17.6 Å². The largest absolute Gasteiger partial charge is 0.434 e. The SMILES string of the molecule is CC[C@@H](C)Sc1nc(N)c(C#N)c(C(F)(F)F)n1. The van der Waals surface area contributed by atoms with Gasteiger partial charge in [0.1, 0.15) is 17.5 Å². The first-order valence-electron chi connectivity index (χ1n) is 5.11. The number of alkyl halides is 3. The van der Waals surface area contributed by atoms with Gasteiger partial charge < -0.3 is 5.73 Å². The van der Waals surface area contributed by atoms with Gasteiger partial charge in [-0.1, -0.05) is 25.6 Å². The van der Waals surface area contributed by atoms with Crippen LogP contribution in [0.15, 0.2) is 5.16 Å². The molecule has 0 fully saturated rings. The molecule has 0 aliphatic rings. The second kappa shape index (κ2) is 5.44. The minimum absolute atomic E-state index is 0.0619. The maximum absolute atomic E-state index is 12.7. The molecule has 0 bridgehead atoms. The normalized spacial score (nSPS) is 13.1. The van der Waals surface area contributed by atoms with Crippen molar-refractivity contribution in [3.05, 3.63) is 11.3 Å². The first-order chi connectivity index (χ1) is 8.29. The van der Waals surface area contributed by atoms with Crippen LogP contribution < -0.4 is 5.73 Å². The molecule has 0 aromatic carbocycles. The van der Waals surface area contributed by atoms with E-state index >= 15 is 0 Å². The van der Waals surface area contributed by atoms with Gasteiger partial charge in [-0.25, -0.2) is 9.97 Å². The van der Waals surface area contributed by atoms with E-state index in [9.17, 15) is 13.2 Å². The standard InChI is InChI=1S/C10H11F3N4S/c1-3-5(2)18-9-16-7(10(11,12)13)6(4-14)8(15)17-9/h5H,3H2,1-2H3,(H2,15,16,17)/t5-/m1/s1. The van der Waals surface area contributed by atoms with Gasteiger partial charge in [0.25, 0.3) is 0 Å². The molecule has 1 aromatic rings. The van der Waals surface area contributed by atoms with Gasteiger partial charge in [0.15, 0.2) is 10.9 Å². The summed E-state index contributed by atoms with van der Waals surface area (Å²) in [4.78, 5) is 7.10. The molecule has 1 aromatic heterocycles. The fraction of sp³-hybridized carbons (Fsp3) is 0.500. The quantitative estimate of drug-likeness (QED) is 0.678. The minimum Gasteiger partial charge on any atom is -0.382 e. The van der Waals surface area contributed by atoms with E-state index < -0.39 is 23.3 Å². The number of nitrogens with two attached hydrogens (primary N) is 1. The molecule has 18 heavy (non-hydrogen) atoms. The van der Waals surface area contributed by atoms with Crippen LogP contribution in [0.4, 0.5) is 19.0 Å². The second-order valence-corrected chi connectivity index (χ2v) is 4.97. The summed E-state index contributed by atoms with van der Waals surface area (Å²) in [6, 6.07) is 1.39. The lowest BCUT2D eigenvalue weighted by atomic mass is 10.2. The van der Waals surface area contributed by atoms with Gasteiger partial charge in [-0.05, 0) is 6.42 Å². The summed E-state index contributed by atoms with van der Waals surface area (Å²) in [6.07, 6.45) is -3.96. The highest BCUT2D eigenvalue weighted by Gasteiger charge is 2.37. The first-order valence-corrected chi connectivity index (χ1v) is 5.99. The van der Waals surface area contributed by atoms with Gasteiger partial charge in [0.2, 0.25) is 0 Å².